The molecular formula is C27H24NOP. The van der Waals surface area contributed by atoms with E-state index in [9.17, 15) is 4.79 Å². The minimum absolute atomic E-state index is 0.0442. The van der Waals surface area contributed by atoms with Gasteiger partial charge in [0.15, 0.2) is 5.78 Å². The molecular weight excluding hydrogens is 385 g/mol. The quantitative estimate of drug-likeness (QED) is 0.308. The van der Waals surface area contributed by atoms with Crippen LogP contribution in [0.4, 0.5) is 0 Å². The molecule has 148 valence electrons. The Labute approximate surface area is 178 Å². The minimum atomic E-state index is -2.38. The number of hydrogen-bond donors (Lipinski definition) is 0. The second-order valence-electron chi connectivity index (χ2n) is 7.16. The van der Waals surface area contributed by atoms with Gasteiger partial charge in [-0.15, -0.1) is 0 Å². The summed E-state index contributed by atoms with van der Waals surface area (Å²) in [4.78, 5) is 13.2. The Morgan fingerprint density at radius 3 is 1.30 bits per heavy atom. The number of ketones is 1. The van der Waals surface area contributed by atoms with E-state index in [2.05, 4.69) is 72.8 Å². The molecule has 0 spiro atoms. The van der Waals surface area contributed by atoms with Crippen molar-refractivity contribution >= 4 is 28.8 Å². The molecule has 0 aliphatic heterocycles. The highest BCUT2D eigenvalue weighted by atomic mass is 31.2. The zero-order chi connectivity index (χ0) is 20.8. The molecule has 0 radical (unpaired) electrons. The fourth-order valence-electron chi connectivity index (χ4n) is 3.73. The first kappa shape index (κ1) is 20.1. The Hall–Kier alpha value is -3.22. The Morgan fingerprint density at radius 1 is 0.600 bits per heavy atom. The molecule has 0 N–H and O–H groups in total. The van der Waals surface area contributed by atoms with Gasteiger partial charge >= 0.3 is 0 Å². The third-order valence-electron chi connectivity index (χ3n) is 5.17. The Balaban J connectivity index is 2.00. The lowest BCUT2D eigenvalue weighted by Crippen LogP contribution is -2.28. The van der Waals surface area contributed by atoms with Gasteiger partial charge in [-0.1, -0.05) is 121 Å². The molecule has 3 heteroatoms. The normalized spacial score (nSPS) is 12.2. The SMILES string of the molecule is CC(N=P(c1ccccc1)(c1ccccc1)c1ccccc1)C(=O)c1ccccc1. The van der Waals surface area contributed by atoms with E-state index in [1.54, 1.807) is 0 Å². The predicted molar refractivity (Wildman–Crippen MR) is 128 cm³/mol. The standard InChI is InChI=1S/C27H24NOP/c1-22(27(29)23-14-6-2-7-15-23)28-30(24-16-8-3-9-17-24,25-18-10-4-11-19-25)26-20-12-5-13-21-26/h2-22H,1H3. The molecule has 4 aromatic carbocycles. The van der Waals surface area contributed by atoms with Crippen LogP contribution in [-0.2, 0) is 0 Å². The lowest BCUT2D eigenvalue weighted by atomic mass is 10.1. The average Bonchev–Trinajstić information content (AvgIpc) is 2.84. The van der Waals surface area contributed by atoms with Gasteiger partial charge in [-0.3, -0.25) is 9.54 Å². The summed E-state index contributed by atoms with van der Waals surface area (Å²) in [5.41, 5.74) is 0.695. The van der Waals surface area contributed by atoms with Gasteiger partial charge in [0.05, 0.1) is 7.05 Å². The van der Waals surface area contributed by atoms with Crippen molar-refractivity contribution in [1.82, 2.24) is 0 Å². The van der Waals surface area contributed by atoms with Gasteiger partial charge in [-0.25, -0.2) is 0 Å². The third kappa shape index (κ3) is 3.92. The van der Waals surface area contributed by atoms with Crippen LogP contribution in [-0.4, -0.2) is 11.8 Å². The monoisotopic (exact) mass is 409 g/mol. The van der Waals surface area contributed by atoms with Gasteiger partial charge in [0.2, 0.25) is 0 Å². The summed E-state index contributed by atoms with van der Waals surface area (Å²) in [7, 11) is -2.38. The van der Waals surface area contributed by atoms with E-state index in [0.29, 0.717) is 5.56 Å². The molecule has 1 unspecified atom stereocenters. The molecule has 0 aromatic heterocycles. The smallest absolute Gasteiger partial charge is 0.186 e. The second kappa shape index (κ2) is 9.07. The van der Waals surface area contributed by atoms with E-state index in [-0.39, 0.29) is 5.78 Å². The van der Waals surface area contributed by atoms with E-state index in [0.717, 1.165) is 15.9 Å². The van der Waals surface area contributed by atoms with Gasteiger partial charge in [0.25, 0.3) is 0 Å². The molecule has 4 rings (SSSR count). The fraction of sp³-hybridized carbons (Fsp3) is 0.0741. The van der Waals surface area contributed by atoms with Crippen LogP contribution in [0, 0.1) is 0 Å². The van der Waals surface area contributed by atoms with Crippen molar-refractivity contribution in [1.29, 1.82) is 0 Å². The number of rotatable bonds is 6. The molecule has 0 aliphatic carbocycles. The summed E-state index contributed by atoms with van der Waals surface area (Å²) in [6.07, 6.45) is 0. The van der Waals surface area contributed by atoms with Crippen LogP contribution >= 0.6 is 7.05 Å². The average molecular weight is 409 g/mol. The maximum atomic E-state index is 13.2. The highest BCUT2D eigenvalue weighted by Gasteiger charge is 2.29. The molecule has 0 amide bonds. The van der Waals surface area contributed by atoms with Crippen LogP contribution in [0.25, 0.3) is 0 Å². The number of nitrogens with zero attached hydrogens (tertiary/aromatic N) is 1. The lowest BCUT2D eigenvalue weighted by molar-refractivity contribution is 0.0969. The van der Waals surface area contributed by atoms with Crippen LogP contribution in [0.15, 0.2) is 126 Å². The molecule has 0 saturated carbocycles. The first-order valence-electron chi connectivity index (χ1n) is 10.1. The van der Waals surface area contributed by atoms with E-state index in [1.165, 1.54) is 0 Å². The van der Waals surface area contributed by atoms with Crippen LogP contribution < -0.4 is 15.9 Å². The summed E-state index contributed by atoms with van der Waals surface area (Å²) in [6, 6.07) is 40.2. The van der Waals surface area contributed by atoms with Crippen LogP contribution in [0.3, 0.4) is 0 Å². The Bertz CT molecular complexity index is 1050. The molecule has 2 nitrogen and oxygen atoms in total. The van der Waals surface area contributed by atoms with Gasteiger partial charge < -0.3 is 0 Å². The summed E-state index contributed by atoms with van der Waals surface area (Å²) in [5.74, 6) is 0.0442. The topological polar surface area (TPSA) is 29.4 Å². The molecule has 0 heterocycles. The number of carbonyl (C=O) groups excluding carboxylic acids is 1. The summed E-state index contributed by atoms with van der Waals surface area (Å²) in [6.45, 7) is 1.92. The van der Waals surface area contributed by atoms with E-state index < -0.39 is 13.1 Å². The first-order valence-corrected chi connectivity index (χ1v) is 11.8. The summed E-state index contributed by atoms with van der Waals surface area (Å²) < 4.78 is 5.36. The van der Waals surface area contributed by atoms with E-state index in [4.69, 9.17) is 4.74 Å². The number of hydrogen-bond acceptors (Lipinski definition) is 2. The van der Waals surface area contributed by atoms with Crippen molar-refractivity contribution in [3.63, 3.8) is 0 Å². The largest absolute Gasteiger partial charge is 0.292 e. The van der Waals surface area contributed by atoms with Crippen LogP contribution in [0.5, 0.6) is 0 Å². The lowest BCUT2D eigenvalue weighted by Gasteiger charge is -2.28. The van der Waals surface area contributed by atoms with Gasteiger partial charge in [0.1, 0.15) is 6.04 Å². The van der Waals surface area contributed by atoms with Gasteiger partial charge in [-0.05, 0) is 6.92 Å². The zero-order valence-corrected chi connectivity index (χ0v) is 17.8. The van der Waals surface area contributed by atoms with Crippen molar-refractivity contribution in [3.8, 4) is 0 Å². The van der Waals surface area contributed by atoms with Crippen molar-refractivity contribution in [2.45, 2.75) is 13.0 Å². The van der Waals surface area contributed by atoms with Crippen molar-refractivity contribution in [2.24, 2.45) is 4.74 Å². The summed E-state index contributed by atoms with van der Waals surface area (Å²) >= 11 is 0. The number of Topliss-reactive ketones (excluding diaryl/α,β-unsaturated/α-hetero) is 1. The molecule has 0 aliphatic rings. The molecule has 4 aromatic rings. The molecule has 0 saturated heterocycles. The van der Waals surface area contributed by atoms with Crippen LogP contribution in [0.1, 0.15) is 17.3 Å². The second-order valence-corrected chi connectivity index (χ2v) is 10.2. The predicted octanol–water partition coefficient (Wildman–Crippen LogP) is 5.44. The number of carbonyl (C=O) groups is 1. The van der Waals surface area contributed by atoms with Crippen molar-refractivity contribution in [3.05, 3.63) is 127 Å². The molecule has 1 atom stereocenters. The third-order valence-corrected chi connectivity index (χ3v) is 9.00. The Morgan fingerprint density at radius 2 is 0.933 bits per heavy atom. The molecule has 0 fully saturated rings. The van der Waals surface area contributed by atoms with E-state index in [1.807, 2.05) is 55.5 Å². The van der Waals surface area contributed by atoms with Crippen molar-refractivity contribution < 1.29 is 4.79 Å². The maximum absolute atomic E-state index is 13.2. The zero-order valence-electron chi connectivity index (χ0n) is 16.9. The highest BCUT2D eigenvalue weighted by Crippen LogP contribution is 2.47. The van der Waals surface area contributed by atoms with Gasteiger partial charge in [-0.2, -0.15) is 0 Å². The molecule has 30 heavy (non-hydrogen) atoms. The first-order chi connectivity index (χ1) is 14.7. The van der Waals surface area contributed by atoms with E-state index >= 15 is 0 Å². The van der Waals surface area contributed by atoms with Crippen LogP contribution in [0.2, 0.25) is 0 Å². The highest BCUT2D eigenvalue weighted by molar-refractivity contribution is 7.87. The number of benzene rings is 4. The summed E-state index contributed by atoms with van der Waals surface area (Å²) in [5, 5.41) is 3.44. The van der Waals surface area contributed by atoms with Crippen molar-refractivity contribution in [2.75, 3.05) is 0 Å². The maximum Gasteiger partial charge on any atom is 0.186 e. The Kier molecular flexibility index (Phi) is 6.07. The van der Waals surface area contributed by atoms with Gasteiger partial charge in [0, 0.05) is 21.5 Å². The minimum Gasteiger partial charge on any atom is -0.292 e. The molecule has 0 bridgehead atoms. The fourth-order valence-corrected chi connectivity index (χ4v) is 7.46.